The molecule has 0 aliphatic carbocycles. The van der Waals surface area contributed by atoms with E-state index in [1.54, 1.807) is 17.2 Å². The van der Waals surface area contributed by atoms with E-state index in [0.29, 0.717) is 41.1 Å². The number of nitrogens with two attached hydrogens (primary N) is 1. The van der Waals surface area contributed by atoms with Gasteiger partial charge in [0.05, 0.1) is 30.7 Å². The first-order valence-corrected chi connectivity index (χ1v) is 12.1. The van der Waals surface area contributed by atoms with Gasteiger partial charge in [-0.1, -0.05) is 6.58 Å². The molecular formula is C27H28FN7O3. The van der Waals surface area contributed by atoms with E-state index < -0.39 is 18.5 Å². The molecule has 0 aromatic carbocycles. The third-order valence-corrected chi connectivity index (χ3v) is 6.41. The second-order valence-corrected chi connectivity index (χ2v) is 8.80. The highest BCUT2D eigenvalue weighted by molar-refractivity contribution is 6.22. The van der Waals surface area contributed by atoms with Crippen molar-refractivity contribution in [2.24, 2.45) is 10.7 Å². The summed E-state index contributed by atoms with van der Waals surface area (Å²) in [4.78, 5) is 22.5. The standard InChI is InChI=1S/C27H28FN7O3/c1-3-26(37)34-8-6-21(7-9-34)33-17(2)22(12-30)18-10-24(27-19(11-29)13-32-35(27)15-18)38-25(16-36)23-5-4-20(28)14-31-23/h3-5,10,12-15,21,25,36H,1,6-9,16,30H2,2H3/b22-12+,33-17?. The van der Waals surface area contributed by atoms with Gasteiger partial charge >= 0.3 is 0 Å². The van der Waals surface area contributed by atoms with Crippen LogP contribution in [0, 0.1) is 17.1 Å². The number of carbonyl (C=O) groups is 1. The molecule has 38 heavy (non-hydrogen) atoms. The zero-order valence-corrected chi connectivity index (χ0v) is 20.9. The number of likely N-dealkylation sites (tertiary alicyclic amines) is 1. The van der Waals surface area contributed by atoms with E-state index in [0.717, 1.165) is 19.0 Å². The van der Waals surface area contributed by atoms with Crippen molar-refractivity contribution in [3.63, 3.8) is 0 Å². The molecule has 1 aliphatic heterocycles. The molecule has 3 aromatic rings. The first-order valence-electron chi connectivity index (χ1n) is 12.1. The number of halogens is 1. The van der Waals surface area contributed by atoms with E-state index in [2.05, 4.69) is 22.7 Å². The molecule has 1 fully saturated rings. The van der Waals surface area contributed by atoms with Gasteiger partial charge in [0.1, 0.15) is 28.7 Å². The normalized spacial score (nSPS) is 15.8. The number of aliphatic imine (C=N–C) groups is 1. The van der Waals surface area contributed by atoms with E-state index in [4.69, 9.17) is 15.5 Å². The molecule has 0 spiro atoms. The number of fused-ring (bicyclic) bond motifs is 1. The van der Waals surface area contributed by atoms with Crippen molar-refractivity contribution >= 4 is 22.7 Å². The van der Waals surface area contributed by atoms with E-state index in [-0.39, 0.29) is 23.3 Å². The summed E-state index contributed by atoms with van der Waals surface area (Å²) in [6, 6.07) is 6.48. The van der Waals surface area contributed by atoms with Crippen LogP contribution in [0.15, 0.2) is 60.6 Å². The Kier molecular flexibility index (Phi) is 8.13. The molecule has 10 nitrogen and oxygen atoms in total. The summed E-state index contributed by atoms with van der Waals surface area (Å²) in [7, 11) is 0. The third kappa shape index (κ3) is 5.55. The first-order chi connectivity index (χ1) is 18.4. The number of ether oxygens (including phenoxy) is 1. The number of hydrogen-bond acceptors (Lipinski definition) is 8. The maximum atomic E-state index is 13.4. The number of rotatable bonds is 8. The monoisotopic (exact) mass is 517 g/mol. The van der Waals surface area contributed by atoms with Crippen LogP contribution in [-0.4, -0.2) is 62.0 Å². The highest BCUT2D eigenvalue weighted by Gasteiger charge is 2.23. The lowest BCUT2D eigenvalue weighted by Crippen LogP contribution is -2.38. The van der Waals surface area contributed by atoms with Crippen molar-refractivity contribution in [2.45, 2.75) is 31.9 Å². The zero-order chi connectivity index (χ0) is 27.2. The number of carbonyl (C=O) groups excluding carboxylic acids is 1. The van der Waals surface area contributed by atoms with Crippen LogP contribution < -0.4 is 10.5 Å². The molecule has 1 aliphatic rings. The maximum absolute atomic E-state index is 13.4. The minimum Gasteiger partial charge on any atom is -0.479 e. The lowest BCUT2D eigenvalue weighted by atomic mass is 10.0. The SMILES string of the molecule is C=CC(=O)N1CCC(N=C(C)/C(=C\N)c2cc(OC(CO)c3ccc(F)cn3)c3c(C#N)cnn3c2)CC1. The Morgan fingerprint density at radius 3 is 2.79 bits per heavy atom. The van der Waals surface area contributed by atoms with Gasteiger partial charge in [0.15, 0.2) is 6.10 Å². The summed E-state index contributed by atoms with van der Waals surface area (Å²) in [6.07, 6.45) is 7.46. The van der Waals surface area contributed by atoms with Crippen molar-refractivity contribution in [2.75, 3.05) is 19.7 Å². The zero-order valence-electron chi connectivity index (χ0n) is 20.9. The predicted octanol–water partition coefficient (Wildman–Crippen LogP) is 2.79. The molecule has 11 heteroatoms. The Morgan fingerprint density at radius 2 is 2.18 bits per heavy atom. The van der Waals surface area contributed by atoms with Crippen LogP contribution in [0.25, 0.3) is 11.1 Å². The van der Waals surface area contributed by atoms with Crippen LogP contribution in [0.2, 0.25) is 0 Å². The molecule has 196 valence electrons. The number of piperidine rings is 1. The fraction of sp³-hybridized carbons (Fsp3) is 0.296. The Labute approximate surface area is 219 Å². The first kappa shape index (κ1) is 26.5. The smallest absolute Gasteiger partial charge is 0.245 e. The van der Waals surface area contributed by atoms with Gasteiger partial charge in [-0.3, -0.25) is 14.8 Å². The van der Waals surface area contributed by atoms with Gasteiger partial charge in [-0.05, 0) is 44.0 Å². The number of nitriles is 1. The van der Waals surface area contributed by atoms with Crippen LogP contribution in [0.3, 0.4) is 0 Å². The number of amides is 1. The molecule has 1 atom stereocenters. The highest BCUT2D eigenvalue weighted by atomic mass is 19.1. The Hall–Kier alpha value is -4.56. The second-order valence-electron chi connectivity index (χ2n) is 8.80. The lowest BCUT2D eigenvalue weighted by molar-refractivity contribution is -0.126. The predicted molar refractivity (Wildman–Crippen MR) is 140 cm³/mol. The third-order valence-electron chi connectivity index (χ3n) is 6.41. The van der Waals surface area contributed by atoms with Crippen molar-refractivity contribution < 1.29 is 19.0 Å². The van der Waals surface area contributed by atoms with Gasteiger partial charge in [0.25, 0.3) is 0 Å². The Morgan fingerprint density at radius 1 is 1.42 bits per heavy atom. The fourth-order valence-corrected chi connectivity index (χ4v) is 4.44. The van der Waals surface area contributed by atoms with E-state index in [1.807, 2.05) is 6.92 Å². The largest absolute Gasteiger partial charge is 0.479 e. The van der Waals surface area contributed by atoms with Crippen molar-refractivity contribution in [3.05, 3.63) is 78.3 Å². The van der Waals surface area contributed by atoms with Gasteiger partial charge in [-0.15, -0.1) is 0 Å². The summed E-state index contributed by atoms with van der Waals surface area (Å²) in [5.74, 6) is -0.325. The summed E-state index contributed by atoms with van der Waals surface area (Å²) >= 11 is 0. The summed E-state index contributed by atoms with van der Waals surface area (Å²) in [6.45, 7) is 6.16. The van der Waals surface area contributed by atoms with Crippen molar-refractivity contribution in [3.8, 4) is 11.8 Å². The Balaban J connectivity index is 1.66. The van der Waals surface area contributed by atoms with Crippen LogP contribution in [-0.2, 0) is 4.79 Å². The molecule has 1 saturated heterocycles. The molecule has 0 bridgehead atoms. The molecule has 3 N–H and O–H groups in total. The van der Waals surface area contributed by atoms with Crippen molar-refractivity contribution in [1.29, 1.82) is 5.26 Å². The molecule has 3 aromatic heterocycles. The van der Waals surface area contributed by atoms with Crippen LogP contribution in [0.5, 0.6) is 5.75 Å². The number of aliphatic hydroxyl groups excluding tert-OH is 1. The average Bonchev–Trinajstić information content (AvgIpc) is 3.36. The van der Waals surface area contributed by atoms with Gasteiger partial charge in [-0.2, -0.15) is 10.4 Å². The molecule has 1 unspecified atom stereocenters. The van der Waals surface area contributed by atoms with Crippen molar-refractivity contribution in [1.82, 2.24) is 19.5 Å². The average molecular weight is 518 g/mol. The number of allylic oxidation sites excluding steroid dienone is 1. The van der Waals surface area contributed by atoms with E-state index in [1.165, 1.54) is 35.1 Å². The quantitative estimate of drug-likeness (QED) is 0.346. The molecule has 0 radical (unpaired) electrons. The number of nitrogens with zero attached hydrogens (tertiary/aromatic N) is 6. The highest BCUT2D eigenvalue weighted by Crippen LogP contribution is 2.32. The van der Waals surface area contributed by atoms with Gasteiger partial charge in [0, 0.05) is 42.3 Å². The summed E-state index contributed by atoms with van der Waals surface area (Å²) < 4.78 is 21.0. The number of hydrogen-bond donors (Lipinski definition) is 2. The van der Waals surface area contributed by atoms with E-state index in [9.17, 15) is 19.6 Å². The van der Waals surface area contributed by atoms with Crippen LogP contribution in [0.4, 0.5) is 4.39 Å². The van der Waals surface area contributed by atoms with Crippen LogP contribution in [0.1, 0.15) is 42.7 Å². The maximum Gasteiger partial charge on any atom is 0.245 e. The number of aliphatic hydroxyl groups is 1. The summed E-state index contributed by atoms with van der Waals surface area (Å²) in [5, 5.41) is 23.9. The fourth-order valence-electron chi connectivity index (χ4n) is 4.44. The number of aromatic nitrogens is 3. The molecular weight excluding hydrogens is 489 g/mol. The molecule has 1 amide bonds. The van der Waals surface area contributed by atoms with Gasteiger partial charge in [-0.25, -0.2) is 8.91 Å². The van der Waals surface area contributed by atoms with Crippen LogP contribution >= 0.6 is 0 Å². The van der Waals surface area contributed by atoms with Gasteiger partial charge in [0.2, 0.25) is 5.91 Å². The molecule has 4 heterocycles. The molecule has 4 rings (SSSR count). The Bertz CT molecular complexity index is 1430. The minimum atomic E-state index is -0.917. The number of pyridine rings is 2. The minimum absolute atomic E-state index is 0.0245. The second kappa shape index (κ2) is 11.7. The lowest BCUT2D eigenvalue weighted by Gasteiger charge is -2.29. The van der Waals surface area contributed by atoms with E-state index >= 15 is 0 Å². The molecule has 0 saturated carbocycles. The summed E-state index contributed by atoms with van der Waals surface area (Å²) in [5.41, 5.74) is 9.00. The topological polar surface area (TPSA) is 142 Å². The van der Waals surface area contributed by atoms with Gasteiger partial charge < -0.3 is 20.5 Å².